The number of nitrogens with two attached hydrogens (primary N) is 1. The number of aromatic nitrogens is 2. The summed E-state index contributed by atoms with van der Waals surface area (Å²) in [5.41, 5.74) is 5.08. The van der Waals surface area contributed by atoms with Crippen molar-refractivity contribution < 1.29 is 27.4 Å². The second kappa shape index (κ2) is 8.75. The number of alkyl halides is 1. The van der Waals surface area contributed by atoms with Gasteiger partial charge in [-0.1, -0.05) is 5.92 Å². The van der Waals surface area contributed by atoms with E-state index >= 15 is 4.39 Å². The summed E-state index contributed by atoms with van der Waals surface area (Å²) in [5.74, 6) is 0.944. The lowest BCUT2D eigenvalue weighted by molar-refractivity contribution is 0.102. The molecular weight excluding hydrogens is 480 g/mol. The van der Waals surface area contributed by atoms with Crippen molar-refractivity contribution in [3.05, 3.63) is 47.2 Å². The topological polar surface area (TPSA) is 143 Å². The molecule has 0 saturated carbocycles. The van der Waals surface area contributed by atoms with E-state index in [4.69, 9.17) is 16.9 Å². The zero-order valence-corrected chi connectivity index (χ0v) is 19.9. The zero-order valence-electron chi connectivity index (χ0n) is 19.1. The fraction of sp³-hybridized carbons (Fsp3) is 0.391. The van der Waals surface area contributed by atoms with Gasteiger partial charge in [0.2, 0.25) is 5.88 Å². The fourth-order valence-corrected chi connectivity index (χ4v) is 7.50. The maximum absolute atomic E-state index is 15.0. The molecule has 2 aliphatic rings. The van der Waals surface area contributed by atoms with Gasteiger partial charge < -0.3 is 15.8 Å². The fourth-order valence-electron chi connectivity index (χ4n) is 4.76. The van der Waals surface area contributed by atoms with Crippen molar-refractivity contribution in [1.82, 2.24) is 9.97 Å². The number of amides is 1. The van der Waals surface area contributed by atoms with Crippen LogP contribution in [0.2, 0.25) is 0 Å². The van der Waals surface area contributed by atoms with Crippen LogP contribution in [-0.4, -0.2) is 54.1 Å². The van der Waals surface area contributed by atoms with Crippen molar-refractivity contribution in [2.24, 2.45) is 10.7 Å². The Hall–Kier alpha value is -3.27. The van der Waals surface area contributed by atoms with E-state index in [1.807, 2.05) is 0 Å². The van der Waals surface area contributed by atoms with E-state index in [1.165, 1.54) is 25.3 Å². The Bertz CT molecular complexity index is 1270. The number of halogens is 2. The molecular formula is C23H25F2N5O4S. The van der Waals surface area contributed by atoms with E-state index in [2.05, 4.69) is 26.2 Å². The van der Waals surface area contributed by atoms with Crippen LogP contribution < -0.4 is 15.8 Å². The summed E-state index contributed by atoms with van der Waals surface area (Å²) in [6.07, 6.45) is 6.71. The molecule has 2 bridgehead atoms. The molecule has 0 radical (unpaired) electrons. The molecule has 1 aromatic carbocycles. The Balaban J connectivity index is 1.66. The summed E-state index contributed by atoms with van der Waals surface area (Å²) < 4.78 is 54.4. The minimum Gasteiger partial charge on any atom is -0.463 e. The summed E-state index contributed by atoms with van der Waals surface area (Å²) in [5, 5.41) is 1.70. The van der Waals surface area contributed by atoms with Crippen molar-refractivity contribution in [3.63, 3.8) is 0 Å². The minimum absolute atomic E-state index is 0.00146. The molecule has 2 aliphatic heterocycles. The second-order valence-corrected chi connectivity index (χ2v) is 11.2. The standard InChI is InChI=1S/C23H25F2N5O4S/c1-4-9-34-18-11-27-19(13(2)28-18)20(31)29-14-5-6-16(25)15(10-14)22(3)17-7-8-23(12-24,21(26)30-22)35(17,32)33/h1,5-6,10-11,17,32-33H,7-9,12H2,2-3H3,(H2,26,30)(H,29,31)/t17-,22+,23-/m0/s1. The molecule has 1 aromatic heterocycles. The molecule has 1 saturated heterocycles. The summed E-state index contributed by atoms with van der Waals surface area (Å²) in [6, 6.07) is 3.84. The highest BCUT2D eigenvalue weighted by Gasteiger charge is 2.65. The third-order valence-electron chi connectivity index (χ3n) is 6.66. The highest BCUT2D eigenvalue weighted by molar-refractivity contribution is 8.26. The van der Waals surface area contributed by atoms with Gasteiger partial charge in [-0.05, 0) is 44.9 Å². The van der Waals surface area contributed by atoms with E-state index in [-0.39, 0.29) is 48.1 Å². The first-order valence-electron chi connectivity index (χ1n) is 10.7. The number of fused-ring (bicyclic) bond motifs is 2. The number of terminal acetylenes is 1. The molecule has 1 fully saturated rings. The number of amidine groups is 1. The molecule has 3 heterocycles. The van der Waals surface area contributed by atoms with Crippen molar-refractivity contribution >= 4 is 28.0 Å². The lowest BCUT2D eigenvalue weighted by Crippen LogP contribution is -2.55. The van der Waals surface area contributed by atoms with Crippen molar-refractivity contribution in [1.29, 1.82) is 0 Å². The molecule has 0 spiro atoms. The molecule has 5 N–H and O–H groups in total. The molecule has 1 amide bonds. The van der Waals surface area contributed by atoms with Gasteiger partial charge in [-0.2, -0.15) is 10.6 Å². The first kappa shape index (κ1) is 24.8. The Kier molecular flexibility index (Phi) is 6.21. The number of carbonyl (C=O) groups excluding carboxylic acids is 1. The Morgan fingerprint density at radius 3 is 2.86 bits per heavy atom. The van der Waals surface area contributed by atoms with Crippen molar-refractivity contribution in [2.45, 2.75) is 42.2 Å². The number of carbonyl (C=O) groups is 1. The van der Waals surface area contributed by atoms with Crippen LogP contribution in [0.1, 0.15) is 41.5 Å². The van der Waals surface area contributed by atoms with Crippen LogP contribution in [0.15, 0.2) is 29.4 Å². The number of aliphatic imine (C=N–C) groups is 1. The average Bonchev–Trinajstić information content (AvgIpc) is 3.02. The summed E-state index contributed by atoms with van der Waals surface area (Å²) in [4.78, 5) is 25.4. The predicted octanol–water partition coefficient (Wildman–Crippen LogP) is 3.40. The van der Waals surface area contributed by atoms with Crippen LogP contribution in [0.4, 0.5) is 14.5 Å². The number of ether oxygens (including phenoxy) is 1. The lowest BCUT2D eigenvalue weighted by Gasteiger charge is -2.54. The number of aryl methyl sites for hydroxylation is 1. The van der Waals surface area contributed by atoms with Gasteiger partial charge in [0.1, 0.15) is 34.3 Å². The third kappa shape index (κ3) is 3.80. The van der Waals surface area contributed by atoms with Crippen molar-refractivity contribution in [2.75, 3.05) is 18.6 Å². The maximum atomic E-state index is 15.0. The molecule has 9 nitrogen and oxygen atoms in total. The number of rotatable bonds is 6. The third-order valence-corrected chi connectivity index (χ3v) is 9.82. The quantitative estimate of drug-likeness (QED) is 0.441. The summed E-state index contributed by atoms with van der Waals surface area (Å²) in [7, 11) is -3.59. The smallest absolute Gasteiger partial charge is 0.276 e. The SMILES string of the molecule is C#CCOc1cnc(C(=O)Nc2ccc(F)c([C@@]3(C)N=C(N)[C@@]4(CF)CC[C@@H]3S4(O)O)c2)c(C)n1. The van der Waals surface area contributed by atoms with Gasteiger partial charge in [0, 0.05) is 11.3 Å². The molecule has 0 unspecified atom stereocenters. The predicted molar refractivity (Wildman–Crippen MR) is 129 cm³/mol. The van der Waals surface area contributed by atoms with Gasteiger partial charge in [0.25, 0.3) is 5.91 Å². The first-order valence-corrected chi connectivity index (χ1v) is 12.3. The van der Waals surface area contributed by atoms with Crippen LogP contribution in [0.5, 0.6) is 5.88 Å². The van der Waals surface area contributed by atoms with E-state index in [9.17, 15) is 18.3 Å². The van der Waals surface area contributed by atoms with Crippen LogP contribution in [-0.2, 0) is 5.54 Å². The van der Waals surface area contributed by atoms with Gasteiger partial charge in [-0.15, -0.1) is 6.42 Å². The van der Waals surface area contributed by atoms with Gasteiger partial charge >= 0.3 is 0 Å². The molecule has 2 aromatic rings. The van der Waals surface area contributed by atoms with E-state index in [0.29, 0.717) is 5.69 Å². The van der Waals surface area contributed by atoms with E-state index < -0.39 is 44.5 Å². The van der Waals surface area contributed by atoms with Gasteiger partial charge in [0.05, 0.1) is 17.1 Å². The monoisotopic (exact) mass is 505 g/mol. The molecule has 12 heteroatoms. The molecule has 4 rings (SSSR count). The van der Waals surface area contributed by atoms with Gasteiger partial charge in [-0.25, -0.2) is 18.7 Å². The highest BCUT2D eigenvalue weighted by Crippen LogP contribution is 2.71. The van der Waals surface area contributed by atoms with Gasteiger partial charge in [-0.3, -0.25) is 18.9 Å². The molecule has 35 heavy (non-hydrogen) atoms. The number of anilines is 1. The van der Waals surface area contributed by atoms with E-state index in [1.54, 1.807) is 6.92 Å². The largest absolute Gasteiger partial charge is 0.463 e. The normalized spacial score (nSPS) is 27.5. The zero-order chi connectivity index (χ0) is 25.6. The van der Waals surface area contributed by atoms with Crippen LogP contribution in [0.25, 0.3) is 0 Å². The van der Waals surface area contributed by atoms with Crippen LogP contribution in [0, 0.1) is 25.1 Å². The number of benzene rings is 1. The number of nitrogens with one attached hydrogen (secondary N) is 1. The lowest BCUT2D eigenvalue weighted by atomic mass is 9.86. The summed E-state index contributed by atoms with van der Waals surface area (Å²) >= 11 is 0. The van der Waals surface area contributed by atoms with Gasteiger partial charge in [0.15, 0.2) is 6.61 Å². The molecule has 0 aliphatic carbocycles. The number of hydrogen-bond donors (Lipinski definition) is 4. The minimum atomic E-state index is -3.59. The maximum Gasteiger partial charge on any atom is 0.276 e. The highest BCUT2D eigenvalue weighted by atomic mass is 32.3. The van der Waals surface area contributed by atoms with Crippen LogP contribution in [0.3, 0.4) is 0 Å². The Morgan fingerprint density at radius 1 is 1.46 bits per heavy atom. The summed E-state index contributed by atoms with van der Waals surface area (Å²) in [6.45, 7) is 2.04. The molecule has 3 atom stereocenters. The molecule has 186 valence electrons. The number of nitrogens with zero attached hydrogens (tertiary/aromatic N) is 3. The Morgan fingerprint density at radius 2 is 2.20 bits per heavy atom. The average molecular weight is 506 g/mol. The second-order valence-electron chi connectivity index (χ2n) is 8.68. The first-order chi connectivity index (χ1) is 16.5. The number of hydrogen-bond acceptors (Lipinski definition) is 8. The Labute approximate surface area is 202 Å². The van der Waals surface area contributed by atoms with Crippen LogP contribution >= 0.6 is 10.6 Å². The van der Waals surface area contributed by atoms with Crippen molar-refractivity contribution in [3.8, 4) is 18.2 Å². The van der Waals surface area contributed by atoms with E-state index in [0.717, 1.165) is 6.07 Å².